The van der Waals surface area contributed by atoms with Gasteiger partial charge in [0, 0.05) is 54.7 Å². The number of carbonyl (C=O) groups excluding carboxylic acids is 1. The number of piperidine rings is 2. The van der Waals surface area contributed by atoms with Crippen LogP contribution < -0.4 is 10.2 Å². The number of amides is 1. The number of carbonyl (C=O) groups is 1. The lowest BCUT2D eigenvalue weighted by Gasteiger charge is -2.35. The Morgan fingerprint density at radius 3 is 2.30 bits per heavy atom. The average Bonchev–Trinajstić information content (AvgIpc) is 3.40. The zero-order valence-electron chi connectivity index (χ0n) is 23.1. The van der Waals surface area contributed by atoms with E-state index in [4.69, 9.17) is 16.6 Å². The molecule has 0 unspecified atom stereocenters. The Hall–Kier alpha value is -3.62. The van der Waals surface area contributed by atoms with Crippen LogP contribution in [0, 0.1) is 0 Å². The molecule has 4 aromatic rings. The van der Waals surface area contributed by atoms with Crippen LogP contribution in [-0.4, -0.2) is 76.6 Å². The van der Waals surface area contributed by atoms with Crippen LogP contribution in [0.3, 0.4) is 0 Å². The van der Waals surface area contributed by atoms with Crippen LogP contribution in [-0.2, 0) is 0 Å². The number of hydrogen-bond donors (Lipinski definition) is 1. The van der Waals surface area contributed by atoms with Gasteiger partial charge in [0.25, 0.3) is 5.91 Å². The number of likely N-dealkylation sites (tertiary alicyclic amines) is 1. The SMILES string of the molecule is CN(C)C1CCN(C(=O)c2ccc(Nc3nc4c(N5CCC(c6ccc(Cl)cc6)CC5)cccn4n3)cc2)CC1. The molecule has 40 heavy (non-hydrogen) atoms. The predicted octanol–water partition coefficient (Wildman–Crippen LogP) is 5.68. The van der Waals surface area contributed by atoms with Crippen molar-refractivity contribution in [3.8, 4) is 0 Å². The largest absolute Gasteiger partial charge is 0.368 e. The van der Waals surface area contributed by atoms with E-state index in [1.165, 1.54) is 5.56 Å². The number of benzene rings is 2. The van der Waals surface area contributed by atoms with Crippen molar-refractivity contribution in [2.45, 2.75) is 37.6 Å². The fourth-order valence-electron chi connectivity index (χ4n) is 5.97. The Morgan fingerprint density at radius 2 is 1.62 bits per heavy atom. The molecule has 2 aliphatic heterocycles. The van der Waals surface area contributed by atoms with Crippen molar-refractivity contribution >= 4 is 40.5 Å². The molecule has 9 heteroatoms. The first-order valence-electron chi connectivity index (χ1n) is 14.1. The van der Waals surface area contributed by atoms with Gasteiger partial charge in [-0.25, -0.2) is 4.52 Å². The first-order chi connectivity index (χ1) is 19.4. The molecule has 2 aromatic heterocycles. The highest BCUT2D eigenvalue weighted by Crippen LogP contribution is 2.32. The number of pyridine rings is 1. The van der Waals surface area contributed by atoms with E-state index in [2.05, 4.69) is 52.5 Å². The summed E-state index contributed by atoms with van der Waals surface area (Å²) in [5.74, 6) is 1.18. The zero-order chi connectivity index (χ0) is 27.6. The van der Waals surface area contributed by atoms with Crippen LogP contribution in [0.5, 0.6) is 0 Å². The minimum atomic E-state index is 0.0964. The molecular weight excluding hydrogens is 522 g/mol. The third-order valence-electron chi connectivity index (χ3n) is 8.39. The first kappa shape index (κ1) is 26.6. The summed E-state index contributed by atoms with van der Waals surface area (Å²) in [4.78, 5) is 24.5. The standard InChI is InChI=1S/C31H36ClN7O/c1-36(2)27-15-20-38(21-16-27)30(40)24-7-11-26(12-8-24)33-31-34-29-28(4-3-17-39(29)35-31)37-18-13-23(14-19-37)22-5-9-25(32)10-6-22/h3-12,17,23,27H,13-16,18-21H2,1-2H3,(H,33,35). The summed E-state index contributed by atoms with van der Waals surface area (Å²) in [5, 5.41) is 8.76. The molecule has 6 rings (SSSR count). The Labute approximate surface area is 240 Å². The number of nitrogens with zero attached hydrogens (tertiary/aromatic N) is 6. The van der Waals surface area contributed by atoms with Crippen molar-refractivity contribution in [1.82, 2.24) is 24.4 Å². The molecule has 2 aromatic carbocycles. The van der Waals surface area contributed by atoms with E-state index in [1.54, 1.807) is 0 Å². The van der Waals surface area contributed by atoms with E-state index in [0.717, 1.165) is 73.9 Å². The van der Waals surface area contributed by atoms with Gasteiger partial charge in [0.15, 0.2) is 5.65 Å². The molecular formula is C31H36ClN7O. The Bertz CT molecular complexity index is 1450. The molecule has 0 saturated carbocycles. The Morgan fingerprint density at radius 1 is 0.925 bits per heavy atom. The highest BCUT2D eigenvalue weighted by molar-refractivity contribution is 6.30. The zero-order valence-corrected chi connectivity index (χ0v) is 23.9. The summed E-state index contributed by atoms with van der Waals surface area (Å²) in [5.41, 5.74) is 4.85. The van der Waals surface area contributed by atoms with E-state index in [1.807, 2.05) is 58.1 Å². The van der Waals surface area contributed by atoms with Gasteiger partial charge in [-0.1, -0.05) is 23.7 Å². The lowest BCUT2D eigenvalue weighted by atomic mass is 9.89. The van der Waals surface area contributed by atoms with Crippen LogP contribution in [0.4, 0.5) is 17.3 Å². The van der Waals surface area contributed by atoms with Crippen molar-refractivity contribution in [2.24, 2.45) is 0 Å². The molecule has 2 fully saturated rings. The molecule has 0 aliphatic carbocycles. The summed E-state index contributed by atoms with van der Waals surface area (Å²) in [6.45, 7) is 3.53. The number of anilines is 3. The molecule has 0 bridgehead atoms. The number of fused-ring (bicyclic) bond motifs is 1. The quantitative estimate of drug-likeness (QED) is 0.329. The summed E-state index contributed by atoms with van der Waals surface area (Å²) in [6.07, 6.45) is 6.13. The normalized spacial score (nSPS) is 17.1. The lowest BCUT2D eigenvalue weighted by molar-refractivity contribution is 0.0663. The fourth-order valence-corrected chi connectivity index (χ4v) is 6.10. The Kier molecular flexibility index (Phi) is 7.63. The van der Waals surface area contributed by atoms with Gasteiger partial charge in [-0.15, -0.1) is 5.10 Å². The van der Waals surface area contributed by atoms with E-state index in [-0.39, 0.29) is 5.91 Å². The molecule has 1 N–H and O–H groups in total. The summed E-state index contributed by atoms with van der Waals surface area (Å²) >= 11 is 6.08. The molecule has 4 heterocycles. The molecule has 2 aliphatic rings. The van der Waals surface area contributed by atoms with Gasteiger partial charge < -0.3 is 20.0 Å². The summed E-state index contributed by atoms with van der Waals surface area (Å²) < 4.78 is 1.83. The smallest absolute Gasteiger partial charge is 0.253 e. The van der Waals surface area contributed by atoms with Gasteiger partial charge in [-0.3, -0.25) is 4.79 Å². The van der Waals surface area contributed by atoms with E-state index < -0.39 is 0 Å². The van der Waals surface area contributed by atoms with Crippen molar-refractivity contribution in [3.63, 3.8) is 0 Å². The van der Waals surface area contributed by atoms with Crippen LogP contribution >= 0.6 is 11.6 Å². The van der Waals surface area contributed by atoms with E-state index in [9.17, 15) is 4.79 Å². The molecule has 0 radical (unpaired) electrons. The van der Waals surface area contributed by atoms with Gasteiger partial charge >= 0.3 is 0 Å². The highest BCUT2D eigenvalue weighted by atomic mass is 35.5. The van der Waals surface area contributed by atoms with Crippen LogP contribution in [0.25, 0.3) is 5.65 Å². The van der Waals surface area contributed by atoms with Crippen molar-refractivity contribution < 1.29 is 4.79 Å². The lowest BCUT2D eigenvalue weighted by Crippen LogP contribution is -2.44. The number of halogens is 1. The molecule has 8 nitrogen and oxygen atoms in total. The second-order valence-corrected chi connectivity index (χ2v) is 11.5. The number of aromatic nitrogens is 3. The molecule has 0 spiro atoms. The number of hydrogen-bond acceptors (Lipinski definition) is 6. The second kappa shape index (κ2) is 11.5. The molecule has 1 amide bonds. The van der Waals surface area contributed by atoms with Crippen LogP contribution in [0.2, 0.25) is 5.02 Å². The Balaban J connectivity index is 1.10. The first-order valence-corrected chi connectivity index (χ1v) is 14.5. The minimum absolute atomic E-state index is 0.0964. The minimum Gasteiger partial charge on any atom is -0.368 e. The molecule has 0 atom stereocenters. The summed E-state index contributed by atoms with van der Waals surface area (Å²) in [7, 11) is 4.22. The van der Waals surface area contributed by atoms with Crippen molar-refractivity contribution in [3.05, 3.63) is 83.0 Å². The third kappa shape index (κ3) is 5.64. The van der Waals surface area contributed by atoms with Gasteiger partial charge in [0.1, 0.15) is 0 Å². The van der Waals surface area contributed by atoms with Crippen molar-refractivity contribution in [2.75, 3.05) is 50.5 Å². The summed E-state index contributed by atoms with van der Waals surface area (Å²) in [6, 6.07) is 20.6. The maximum atomic E-state index is 13.0. The van der Waals surface area contributed by atoms with Gasteiger partial charge in [0.2, 0.25) is 5.95 Å². The topological polar surface area (TPSA) is 69.0 Å². The van der Waals surface area contributed by atoms with Crippen molar-refractivity contribution in [1.29, 1.82) is 0 Å². The average molecular weight is 558 g/mol. The maximum Gasteiger partial charge on any atom is 0.253 e. The molecule has 2 saturated heterocycles. The van der Waals surface area contributed by atoms with E-state index >= 15 is 0 Å². The van der Waals surface area contributed by atoms with Crippen LogP contribution in [0.15, 0.2) is 66.9 Å². The van der Waals surface area contributed by atoms with Gasteiger partial charge in [-0.2, -0.15) is 4.98 Å². The predicted molar refractivity (Wildman–Crippen MR) is 161 cm³/mol. The highest BCUT2D eigenvalue weighted by Gasteiger charge is 2.25. The van der Waals surface area contributed by atoms with E-state index in [0.29, 0.717) is 23.5 Å². The molecule has 208 valence electrons. The maximum absolute atomic E-state index is 13.0. The third-order valence-corrected chi connectivity index (χ3v) is 8.64. The fraction of sp³-hybridized carbons (Fsp3) is 0.387. The number of nitrogens with one attached hydrogen (secondary N) is 1. The van der Waals surface area contributed by atoms with Gasteiger partial charge in [-0.05, 0) is 99.8 Å². The monoisotopic (exact) mass is 557 g/mol. The van der Waals surface area contributed by atoms with Gasteiger partial charge in [0.05, 0.1) is 5.69 Å². The van der Waals surface area contributed by atoms with Crippen LogP contribution in [0.1, 0.15) is 47.5 Å². The second-order valence-electron chi connectivity index (χ2n) is 11.1. The number of rotatable bonds is 6.